The lowest BCUT2D eigenvalue weighted by Gasteiger charge is -2.09. The van der Waals surface area contributed by atoms with Gasteiger partial charge in [0.25, 0.3) is 0 Å². The van der Waals surface area contributed by atoms with E-state index in [9.17, 15) is 5.11 Å². The van der Waals surface area contributed by atoms with Gasteiger partial charge in [-0.25, -0.2) is 0 Å². The van der Waals surface area contributed by atoms with Gasteiger partial charge in [-0.1, -0.05) is 18.2 Å². The van der Waals surface area contributed by atoms with Crippen LogP contribution in [0, 0.1) is 0 Å². The molecule has 1 heterocycles. The molecule has 2 aromatic rings. The monoisotopic (exact) mass is 276 g/mol. The SMILES string of the molecule is CC(C)n1ccc(CC(O)CSc2ccccc2)n1. The van der Waals surface area contributed by atoms with E-state index in [1.54, 1.807) is 11.8 Å². The molecule has 0 aliphatic carbocycles. The molecule has 0 aliphatic rings. The molecule has 0 spiro atoms. The lowest BCUT2D eigenvalue weighted by atomic mass is 10.2. The fraction of sp³-hybridized carbons (Fsp3) is 0.400. The first-order chi connectivity index (χ1) is 9.15. The highest BCUT2D eigenvalue weighted by molar-refractivity contribution is 7.99. The number of rotatable bonds is 6. The number of benzene rings is 1. The molecule has 3 nitrogen and oxygen atoms in total. The Labute approximate surface area is 118 Å². The van der Waals surface area contributed by atoms with Gasteiger partial charge >= 0.3 is 0 Å². The Bertz CT molecular complexity index is 496. The molecule has 1 atom stereocenters. The first kappa shape index (κ1) is 14.2. The lowest BCUT2D eigenvalue weighted by Crippen LogP contribution is -2.14. The Balaban J connectivity index is 1.82. The number of hydrogen-bond donors (Lipinski definition) is 1. The lowest BCUT2D eigenvalue weighted by molar-refractivity contribution is 0.198. The van der Waals surface area contributed by atoms with E-state index in [1.165, 1.54) is 4.90 Å². The smallest absolute Gasteiger partial charge is 0.0690 e. The van der Waals surface area contributed by atoms with Crippen LogP contribution in [-0.2, 0) is 6.42 Å². The van der Waals surface area contributed by atoms with E-state index in [0.29, 0.717) is 18.2 Å². The molecule has 0 radical (unpaired) electrons. The van der Waals surface area contributed by atoms with Crippen molar-refractivity contribution in [3.63, 3.8) is 0 Å². The molecule has 19 heavy (non-hydrogen) atoms. The van der Waals surface area contributed by atoms with Crippen LogP contribution in [-0.4, -0.2) is 26.7 Å². The third kappa shape index (κ3) is 4.40. The van der Waals surface area contributed by atoms with Crippen LogP contribution in [0.1, 0.15) is 25.6 Å². The summed E-state index contributed by atoms with van der Waals surface area (Å²) in [5.41, 5.74) is 0.954. The van der Waals surface area contributed by atoms with Crippen molar-refractivity contribution in [2.75, 3.05) is 5.75 Å². The van der Waals surface area contributed by atoms with E-state index in [4.69, 9.17) is 0 Å². The molecule has 1 aromatic heterocycles. The normalized spacial score (nSPS) is 12.8. The average molecular weight is 276 g/mol. The second-order valence-corrected chi connectivity index (χ2v) is 5.96. The van der Waals surface area contributed by atoms with Gasteiger partial charge in [0.1, 0.15) is 0 Å². The maximum atomic E-state index is 10.0. The van der Waals surface area contributed by atoms with Crippen LogP contribution in [0.2, 0.25) is 0 Å². The molecule has 0 bridgehead atoms. The Morgan fingerprint density at radius 1 is 1.21 bits per heavy atom. The summed E-state index contributed by atoms with van der Waals surface area (Å²) in [6, 6.07) is 12.5. The van der Waals surface area contributed by atoms with Crippen LogP contribution in [0.4, 0.5) is 0 Å². The minimum absolute atomic E-state index is 0.360. The van der Waals surface area contributed by atoms with Crippen molar-refractivity contribution in [1.29, 1.82) is 0 Å². The molecule has 0 amide bonds. The topological polar surface area (TPSA) is 38.0 Å². The summed E-state index contributed by atoms with van der Waals surface area (Å²) < 4.78 is 1.92. The highest BCUT2D eigenvalue weighted by Gasteiger charge is 2.09. The van der Waals surface area contributed by atoms with Gasteiger partial charge in [0.2, 0.25) is 0 Å². The van der Waals surface area contributed by atoms with Crippen molar-refractivity contribution in [2.45, 2.75) is 37.3 Å². The molecule has 102 valence electrons. The van der Waals surface area contributed by atoms with Crippen molar-refractivity contribution >= 4 is 11.8 Å². The number of nitrogens with zero attached hydrogens (tertiary/aromatic N) is 2. The summed E-state index contributed by atoms with van der Waals surface area (Å²) in [6.45, 7) is 4.19. The maximum Gasteiger partial charge on any atom is 0.0690 e. The number of hydrogen-bond acceptors (Lipinski definition) is 3. The van der Waals surface area contributed by atoms with Gasteiger partial charge in [-0.2, -0.15) is 5.10 Å². The van der Waals surface area contributed by atoms with Gasteiger partial charge in [0, 0.05) is 29.3 Å². The van der Waals surface area contributed by atoms with Crippen LogP contribution in [0.15, 0.2) is 47.5 Å². The second-order valence-electron chi connectivity index (χ2n) is 4.86. The van der Waals surface area contributed by atoms with E-state index in [2.05, 4.69) is 31.1 Å². The fourth-order valence-electron chi connectivity index (χ4n) is 1.78. The van der Waals surface area contributed by atoms with Gasteiger partial charge in [0.15, 0.2) is 0 Å². The molecule has 1 aromatic carbocycles. The van der Waals surface area contributed by atoms with E-state index < -0.39 is 0 Å². The zero-order chi connectivity index (χ0) is 13.7. The van der Waals surface area contributed by atoms with E-state index in [0.717, 1.165) is 5.69 Å². The van der Waals surface area contributed by atoms with Gasteiger partial charge in [0.05, 0.1) is 11.8 Å². The van der Waals surface area contributed by atoms with Gasteiger partial charge < -0.3 is 5.11 Å². The summed E-state index contributed by atoms with van der Waals surface area (Å²) in [5, 5.41) is 14.5. The van der Waals surface area contributed by atoms with Crippen LogP contribution >= 0.6 is 11.8 Å². The summed E-state index contributed by atoms with van der Waals surface area (Å²) in [7, 11) is 0. The number of aromatic nitrogens is 2. The Kier molecular flexibility index (Phi) is 5.05. The predicted octanol–water partition coefficient (Wildman–Crippen LogP) is 3.16. The molecular formula is C15H20N2OS. The molecule has 0 saturated heterocycles. The van der Waals surface area contributed by atoms with Gasteiger partial charge in [-0.05, 0) is 32.0 Å². The highest BCUT2D eigenvalue weighted by Crippen LogP contribution is 2.19. The zero-order valence-electron chi connectivity index (χ0n) is 11.4. The maximum absolute atomic E-state index is 10.0. The molecule has 1 N–H and O–H groups in total. The molecular weight excluding hydrogens is 256 g/mol. The first-order valence-electron chi connectivity index (χ1n) is 6.55. The summed E-state index contributed by atoms with van der Waals surface area (Å²) in [4.78, 5) is 1.19. The summed E-state index contributed by atoms with van der Waals surface area (Å²) >= 11 is 1.68. The Morgan fingerprint density at radius 3 is 2.58 bits per heavy atom. The van der Waals surface area contributed by atoms with Crippen LogP contribution in [0.25, 0.3) is 0 Å². The largest absolute Gasteiger partial charge is 0.392 e. The Hall–Kier alpha value is -1.26. The summed E-state index contributed by atoms with van der Waals surface area (Å²) in [5.74, 6) is 0.693. The van der Waals surface area contributed by atoms with Crippen molar-refractivity contribution in [1.82, 2.24) is 9.78 Å². The molecule has 1 unspecified atom stereocenters. The quantitative estimate of drug-likeness (QED) is 0.824. The van der Waals surface area contributed by atoms with Gasteiger partial charge in [-0.15, -0.1) is 11.8 Å². The first-order valence-corrected chi connectivity index (χ1v) is 7.53. The van der Waals surface area contributed by atoms with Crippen molar-refractivity contribution in [2.24, 2.45) is 0 Å². The standard InChI is InChI=1S/C15H20N2OS/c1-12(2)17-9-8-13(16-17)10-14(18)11-19-15-6-4-3-5-7-15/h3-9,12,14,18H,10-11H2,1-2H3. The molecule has 4 heteroatoms. The van der Waals surface area contributed by atoms with Crippen molar-refractivity contribution in [3.8, 4) is 0 Å². The summed E-state index contributed by atoms with van der Waals surface area (Å²) in [6.07, 6.45) is 2.22. The second kappa shape index (κ2) is 6.78. The fourth-order valence-corrected chi connectivity index (χ4v) is 2.64. The number of aliphatic hydroxyl groups is 1. The Morgan fingerprint density at radius 2 is 1.95 bits per heavy atom. The van der Waals surface area contributed by atoms with Gasteiger partial charge in [-0.3, -0.25) is 4.68 Å². The number of aliphatic hydroxyl groups excluding tert-OH is 1. The molecule has 0 saturated carbocycles. The van der Waals surface area contributed by atoms with Crippen molar-refractivity contribution < 1.29 is 5.11 Å². The third-order valence-electron chi connectivity index (χ3n) is 2.82. The highest BCUT2D eigenvalue weighted by atomic mass is 32.2. The third-order valence-corrected chi connectivity index (χ3v) is 3.98. The van der Waals surface area contributed by atoms with E-state index >= 15 is 0 Å². The minimum Gasteiger partial charge on any atom is -0.392 e. The van der Waals surface area contributed by atoms with E-state index in [1.807, 2.05) is 35.1 Å². The molecule has 0 fully saturated rings. The van der Waals surface area contributed by atoms with E-state index in [-0.39, 0.29) is 6.10 Å². The van der Waals surface area contributed by atoms with Crippen LogP contribution < -0.4 is 0 Å². The van der Waals surface area contributed by atoms with Crippen molar-refractivity contribution in [3.05, 3.63) is 48.3 Å². The zero-order valence-corrected chi connectivity index (χ0v) is 12.2. The average Bonchev–Trinajstić information content (AvgIpc) is 2.86. The molecule has 0 aliphatic heterocycles. The minimum atomic E-state index is -0.360. The predicted molar refractivity (Wildman–Crippen MR) is 79.5 cm³/mol. The van der Waals surface area contributed by atoms with Crippen LogP contribution in [0.3, 0.4) is 0 Å². The number of thioether (sulfide) groups is 1. The van der Waals surface area contributed by atoms with Crippen LogP contribution in [0.5, 0.6) is 0 Å². The molecule has 2 rings (SSSR count).